The number of amides is 1. The first-order chi connectivity index (χ1) is 13.5. The first-order valence-electron chi connectivity index (χ1n) is 8.02. The Morgan fingerprint density at radius 3 is 2.69 bits per heavy atom. The number of fused-ring (bicyclic) bond motifs is 1. The maximum absolute atomic E-state index is 12.4. The van der Waals surface area contributed by atoms with Crippen molar-refractivity contribution in [1.82, 2.24) is 19.9 Å². The third-order valence-corrected chi connectivity index (χ3v) is 6.00. The number of alkyl halides is 3. The lowest BCUT2D eigenvalue weighted by Crippen LogP contribution is -2.34. The van der Waals surface area contributed by atoms with Gasteiger partial charge in [0.25, 0.3) is 5.91 Å². The summed E-state index contributed by atoms with van der Waals surface area (Å²) in [6.45, 7) is -1.45. The van der Waals surface area contributed by atoms with E-state index in [9.17, 15) is 18.0 Å². The molecule has 0 bridgehead atoms. The van der Waals surface area contributed by atoms with Gasteiger partial charge in [0.2, 0.25) is 0 Å². The minimum atomic E-state index is -4.52. The molecule has 0 aliphatic carbocycles. The number of carbonyl (C=O) groups excluding carboxylic acids is 1. The van der Waals surface area contributed by atoms with Crippen LogP contribution in [0, 0.1) is 3.70 Å². The second-order valence-corrected chi connectivity index (χ2v) is 7.88. The molecule has 0 saturated carbocycles. The molecule has 0 aromatic carbocycles. The van der Waals surface area contributed by atoms with Crippen LogP contribution in [0.15, 0.2) is 22.9 Å². The lowest BCUT2D eigenvalue weighted by Gasteiger charge is -2.12. The molecule has 0 aliphatic heterocycles. The number of nitrogens with two attached hydrogens (primary N) is 1. The summed E-state index contributed by atoms with van der Waals surface area (Å²) in [5, 5.41) is 2.47. The number of ether oxygens (including phenoxy) is 1. The second kappa shape index (κ2) is 7.97. The number of halogens is 5. The number of aromatic nitrogens is 3. The molecular formula is C17H14BrF3IN5O2. The van der Waals surface area contributed by atoms with Crippen LogP contribution in [0.5, 0.6) is 5.75 Å². The largest absolute Gasteiger partial charge is 0.496 e. The van der Waals surface area contributed by atoms with Crippen LogP contribution in [0.3, 0.4) is 0 Å². The van der Waals surface area contributed by atoms with Crippen LogP contribution in [0.1, 0.15) is 10.4 Å². The molecular weight excluding hydrogens is 570 g/mol. The molecule has 0 atom stereocenters. The lowest BCUT2D eigenvalue weighted by molar-refractivity contribution is -0.123. The van der Waals surface area contributed by atoms with E-state index >= 15 is 0 Å². The Kier molecular flexibility index (Phi) is 5.94. The van der Waals surface area contributed by atoms with Crippen LogP contribution >= 0.6 is 38.5 Å². The lowest BCUT2D eigenvalue weighted by atomic mass is 10.1. The number of anilines is 1. The van der Waals surface area contributed by atoms with Gasteiger partial charge in [0.15, 0.2) is 0 Å². The summed E-state index contributed by atoms with van der Waals surface area (Å²) in [6, 6.07) is 1.49. The minimum absolute atomic E-state index is 0.0870. The number of nitrogens with zero attached hydrogens (tertiary/aromatic N) is 3. The molecule has 7 nitrogen and oxygen atoms in total. The van der Waals surface area contributed by atoms with E-state index in [4.69, 9.17) is 10.5 Å². The van der Waals surface area contributed by atoms with Gasteiger partial charge in [0.1, 0.15) is 18.1 Å². The molecule has 0 saturated heterocycles. The van der Waals surface area contributed by atoms with Gasteiger partial charge in [0, 0.05) is 31.1 Å². The Bertz CT molecular complexity index is 1120. The highest BCUT2D eigenvalue weighted by atomic mass is 127. The van der Waals surface area contributed by atoms with Crippen molar-refractivity contribution in [3.8, 4) is 17.0 Å². The van der Waals surface area contributed by atoms with Crippen molar-refractivity contribution < 1.29 is 22.7 Å². The van der Waals surface area contributed by atoms with Crippen LogP contribution < -0.4 is 15.8 Å². The number of nitrogen functional groups attached to an aromatic ring is 1. The number of carbonyl (C=O) groups is 1. The predicted octanol–water partition coefficient (Wildman–Crippen LogP) is 3.89. The zero-order valence-electron chi connectivity index (χ0n) is 15.1. The molecule has 0 radical (unpaired) electrons. The summed E-state index contributed by atoms with van der Waals surface area (Å²) in [5.41, 5.74) is 7.91. The Balaban J connectivity index is 2.11. The van der Waals surface area contributed by atoms with Gasteiger partial charge in [-0.2, -0.15) is 13.2 Å². The van der Waals surface area contributed by atoms with Crippen LogP contribution in [0.25, 0.3) is 22.2 Å². The molecule has 154 valence electrons. The number of pyridine rings is 2. The molecule has 3 aromatic heterocycles. The van der Waals surface area contributed by atoms with Crippen molar-refractivity contribution in [2.75, 3.05) is 19.4 Å². The summed E-state index contributed by atoms with van der Waals surface area (Å²) >= 11 is 5.60. The molecule has 1 amide bonds. The van der Waals surface area contributed by atoms with E-state index in [0.717, 1.165) is 13.7 Å². The molecule has 3 rings (SSSR count). The molecule has 0 fully saturated rings. The second-order valence-electron chi connectivity index (χ2n) is 6.01. The van der Waals surface area contributed by atoms with Crippen molar-refractivity contribution in [3.63, 3.8) is 0 Å². The van der Waals surface area contributed by atoms with Crippen molar-refractivity contribution in [1.29, 1.82) is 0 Å². The van der Waals surface area contributed by atoms with Gasteiger partial charge >= 0.3 is 6.18 Å². The number of rotatable bonds is 4. The Labute approximate surface area is 185 Å². The van der Waals surface area contributed by atoms with Gasteiger partial charge in [-0.05, 0) is 38.5 Å². The van der Waals surface area contributed by atoms with E-state index in [2.05, 4.69) is 48.5 Å². The Hall–Kier alpha value is -2.09. The van der Waals surface area contributed by atoms with Crippen molar-refractivity contribution in [2.24, 2.45) is 7.05 Å². The monoisotopic (exact) mass is 583 g/mol. The number of aryl methyl sites for hydroxylation is 1. The molecule has 12 heteroatoms. The van der Waals surface area contributed by atoms with E-state index in [1.54, 1.807) is 6.20 Å². The average Bonchev–Trinajstić information content (AvgIpc) is 2.94. The summed E-state index contributed by atoms with van der Waals surface area (Å²) in [5.74, 6) is -0.553. The first kappa shape index (κ1) is 21.6. The molecule has 3 heterocycles. The summed E-state index contributed by atoms with van der Waals surface area (Å²) in [4.78, 5) is 20.6. The van der Waals surface area contributed by atoms with Gasteiger partial charge < -0.3 is 20.4 Å². The topological polar surface area (TPSA) is 95.1 Å². The highest BCUT2D eigenvalue weighted by Crippen LogP contribution is 2.40. The Morgan fingerprint density at radius 1 is 1.38 bits per heavy atom. The van der Waals surface area contributed by atoms with Crippen LogP contribution in [0.4, 0.5) is 19.0 Å². The van der Waals surface area contributed by atoms with Crippen molar-refractivity contribution in [2.45, 2.75) is 6.18 Å². The van der Waals surface area contributed by atoms with Crippen molar-refractivity contribution >= 4 is 61.1 Å². The molecule has 3 N–H and O–H groups in total. The van der Waals surface area contributed by atoms with E-state index in [0.29, 0.717) is 22.5 Å². The number of nitrogens with one attached hydrogen (secondary N) is 1. The zero-order valence-corrected chi connectivity index (χ0v) is 18.8. The fourth-order valence-corrected chi connectivity index (χ4v) is 4.21. The van der Waals surface area contributed by atoms with Gasteiger partial charge in [-0.1, -0.05) is 0 Å². The highest BCUT2D eigenvalue weighted by molar-refractivity contribution is 14.1. The third-order valence-electron chi connectivity index (χ3n) is 4.16. The van der Waals surface area contributed by atoms with E-state index in [-0.39, 0.29) is 11.3 Å². The number of hydrogen-bond acceptors (Lipinski definition) is 5. The van der Waals surface area contributed by atoms with Gasteiger partial charge in [-0.3, -0.25) is 9.78 Å². The number of methoxy groups -OCH3 is 1. The number of hydrogen-bond donors (Lipinski definition) is 2. The molecule has 0 unspecified atom stereocenters. The molecule has 29 heavy (non-hydrogen) atoms. The Morgan fingerprint density at radius 2 is 2.07 bits per heavy atom. The quantitative estimate of drug-likeness (QED) is 0.455. The fourth-order valence-electron chi connectivity index (χ4n) is 2.86. The molecule has 0 spiro atoms. The average molecular weight is 584 g/mol. The smallest absolute Gasteiger partial charge is 0.405 e. The maximum atomic E-state index is 12.4. The van der Waals surface area contributed by atoms with Crippen LogP contribution in [-0.2, 0) is 7.05 Å². The predicted molar refractivity (Wildman–Crippen MR) is 114 cm³/mol. The van der Waals surface area contributed by atoms with E-state index in [1.807, 2.05) is 16.9 Å². The molecule has 0 aliphatic rings. The summed E-state index contributed by atoms with van der Waals surface area (Å²) in [6.07, 6.45) is -1.75. The fraction of sp³-hybridized carbons (Fsp3) is 0.235. The van der Waals surface area contributed by atoms with Gasteiger partial charge in [0.05, 0.1) is 37.4 Å². The summed E-state index contributed by atoms with van der Waals surface area (Å²) < 4.78 is 45.8. The molecule has 3 aromatic rings. The normalized spacial score (nSPS) is 11.7. The summed E-state index contributed by atoms with van der Waals surface area (Å²) in [7, 11) is 3.17. The van der Waals surface area contributed by atoms with E-state index < -0.39 is 18.6 Å². The highest BCUT2D eigenvalue weighted by Gasteiger charge is 2.29. The standard InChI is InChI=1S/C17H14BrF3IN5O2/c1-27-13-8(18)5-25-15(23)12(13)11(14(27)22)9-3-10(29-2)7(4-24-9)16(28)26-6-17(19,20)21/h3-5H,6H2,1-2H3,(H2,23,25)(H,26,28). The van der Waals surface area contributed by atoms with Crippen LogP contribution in [0.2, 0.25) is 0 Å². The maximum Gasteiger partial charge on any atom is 0.405 e. The first-order valence-corrected chi connectivity index (χ1v) is 9.89. The van der Waals surface area contributed by atoms with Gasteiger partial charge in [-0.15, -0.1) is 0 Å². The zero-order chi connectivity index (χ0) is 21.5. The third kappa shape index (κ3) is 4.13. The van der Waals surface area contributed by atoms with Crippen LogP contribution in [-0.4, -0.2) is 40.3 Å². The van der Waals surface area contributed by atoms with Crippen molar-refractivity contribution in [3.05, 3.63) is 32.2 Å². The van der Waals surface area contributed by atoms with Gasteiger partial charge in [-0.25, -0.2) is 4.98 Å². The SMILES string of the molecule is COc1cc(-c2c(I)n(C)c3c(Br)cnc(N)c23)ncc1C(=O)NCC(F)(F)F. The minimum Gasteiger partial charge on any atom is -0.496 e. The van der Waals surface area contributed by atoms with E-state index in [1.165, 1.54) is 19.4 Å².